The molecule has 0 aliphatic heterocycles. The lowest BCUT2D eigenvalue weighted by atomic mass is 9.97. The molecule has 1 aromatic heterocycles. The Kier molecular flexibility index (Phi) is 3.69. The van der Waals surface area contributed by atoms with E-state index in [0.717, 1.165) is 17.1 Å². The quantitative estimate of drug-likeness (QED) is 0.638. The summed E-state index contributed by atoms with van der Waals surface area (Å²) in [6.45, 7) is 6.04. The fourth-order valence-corrected chi connectivity index (χ4v) is 2.12. The first-order chi connectivity index (χ1) is 8.61. The van der Waals surface area contributed by atoms with Gasteiger partial charge < -0.3 is 0 Å². The number of aryl methyl sites for hydroxylation is 3. The molecule has 0 spiro atoms. The third kappa shape index (κ3) is 2.55. The Morgan fingerprint density at radius 3 is 2.56 bits per heavy atom. The zero-order valence-electron chi connectivity index (χ0n) is 10.9. The second-order valence-electron chi connectivity index (χ2n) is 4.49. The molecule has 94 valence electrons. The van der Waals surface area contributed by atoms with Crippen LogP contribution >= 0.6 is 0 Å². The van der Waals surface area contributed by atoms with Crippen molar-refractivity contribution in [1.29, 1.82) is 0 Å². The minimum atomic E-state index is -0.104. The van der Waals surface area contributed by atoms with Crippen molar-refractivity contribution >= 4 is 0 Å². The highest BCUT2D eigenvalue weighted by Gasteiger charge is 2.16. The molecule has 2 rings (SSSR count). The largest absolute Gasteiger partial charge is 0.271 e. The number of hydrazine groups is 1. The van der Waals surface area contributed by atoms with Crippen LogP contribution < -0.4 is 11.3 Å². The van der Waals surface area contributed by atoms with E-state index in [4.69, 9.17) is 5.84 Å². The number of nitrogens with two attached hydrogens (primary N) is 1. The molecule has 0 aliphatic carbocycles. The fraction of sp³-hybridized carbons (Fsp3) is 0.286. The van der Waals surface area contributed by atoms with Gasteiger partial charge in [0.05, 0.1) is 11.7 Å². The summed E-state index contributed by atoms with van der Waals surface area (Å²) in [5, 5.41) is 0. The molecule has 1 atom stereocenters. The molecule has 1 heterocycles. The third-order valence-corrected chi connectivity index (χ3v) is 3.00. The monoisotopic (exact) mass is 242 g/mol. The predicted octanol–water partition coefficient (Wildman–Crippen LogP) is 1.95. The van der Waals surface area contributed by atoms with E-state index in [0.29, 0.717) is 0 Å². The highest BCUT2D eigenvalue weighted by Crippen LogP contribution is 2.23. The molecule has 0 radical (unpaired) electrons. The van der Waals surface area contributed by atoms with E-state index < -0.39 is 0 Å². The summed E-state index contributed by atoms with van der Waals surface area (Å²) >= 11 is 0. The van der Waals surface area contributed by atoms with E-state index in [1.807, 2.05) is 13.0 Å². The van der Waals surface area contributed by atoms with E-state index in [1.54, 1.807) is 6.20 Å². The van der Waals surface area contributed by atoms with E-state index in [-0.39, 0.29) is 6.04 Å². The first-order valence-corrected chi connectivity index (χ1v) is 5.94. The van der Waals surface area contributed by atoms with Crippen LogP contribution in [-0.2, 0) is 0 Å². The molecule has 1 aromatic carbocycles. The van der Waals surface area contributed by atoms with Crippen molar-refractivity contribution in [3.8, 4) is 0 Å². The van der Waals surface area contributed by atoms with Gasteiger partial charge in [0.2, 0.25) is 0 Å². The molecule has 0 saturated carbocycles. The van der Waals surface area contributed by atoms with Crippen molar-refractivity contribution < 1.29 is 0 Å². The Labute approximate surface area is 107 Å². The van der Waals surface area contributed by atoms with Gasteiger partial charge in [-0.1, -0.05) is 23.8 Å². The lowest BCUT2D eigenvalue weighted by Crippen LogP contribution is -2.30. The van der Waals surface area contributed by atoms with E-state index in [1.165, 1.54) is 11.1 Å². The van der Waals surface area contributed by atoms with Gasteiger partial charge in [-0.05, 0) is 38.0 Å². The van der Waals surface area contributed by atoms with E-state index >= 15 is 0 Å². The maximum atomic E-state index is 5.68. The summed E-state index contributed by atoms with van der Waals surface area (Å²) in [5.74, 6) is 6.43. The van der Waals surface area contributed by atoms with Crippen molar-refractivity contribution in [2.45, 2.75) is 26.8 Å². The summed E-state index contributed by atoms with van der Waals surface area (Å²) in [6.07, 6.45) is 1.76. The number of hydrogen-bond donors (Lipinski definition) is 2. The highest BCUT2D eigenvalue weighted by molar-refractivity contribution is 5.36. The van der Waals surface area contributed by atoms with Crippen LogP contribution in [0.3, 0.4) is 0 Å². The molecule has 0 saturated heterocycles. The van der Waals surface area contributed by atoms with Gasteiger partial charge in [0, 0.05) is 6.20 Å². The van der Waals surface area contributed by atoms with Gasteiger partial charge >= 0.3 is 0 Å². The summed E-state index contributed by atoms with van der Waals surface area (Å²) in [5.41, 5.74) is 7.30. The Bertz CT molecular complexity index is 551. The molecule has 3 N–H and O–H groups in total. The fourth-order valence-electron chi connectivity index (χ4n) is 2.12. The predicted molar refractivity (Wildman–Crippen MR) is 71.9 cm³/mol. The Hall–Kier alpha value is -1.78. The van der Waals surface area contributed by atoms with Crippen LogP contribution in [0.2, 0.25) is 0 Å². The van der Waals surface area contributed by atoms with Crippen molar-refractivity contribution in [2.75, 3.05) is 0 Å². The molecule has 18 heavy (non-hydrogen) atoms. The normalized spacial score (nSPS) is 12.4. The van der Waals surface area contributed by atoms with Crippen LogP contribution in [0.25, 0.3) is 0 Å². The van der Waals surface area contributed by atoms with Gasteiger partial charge in [-0.15, -0.1) is 0 Å². The molecule has 4 nitrogen and oxygen atoms in total. The number of nitrogens with one attached hydrogen (secondary N) is 1. The molecule has 0 fully saturated rings. The molecule has 0 bridgehead atoms. The average molecular weight is 242 g/mol. The van der Waals surface area contributed by atoms with Crippen molar-refractivity contribution in [1.82, 2.24) is 15.4 Å². The number of hydrogen-bond acceptors (Lipinski definition) is 4. The summed E-state index contributed by atoms with van der Waals surface area (Å²) < 4.78 is 0. The first-order valence-electron chi connectivity index (χ1n) is 5.94. The van der Waals surface area contributed by atoms with E-state index in [2.05, 4.69) is 47.4 Å². The minimum absolute atomic E-state index is 0.104. The second kappa shape index (κ2) is 5.25. The number of aromatic nitrogens is 2. The SMILES string of the molecule is Cc1ccc(C(NN)c2ccnc(C)n2)c(C)c1. The zero-order chi connectivity index (χ0) is 13.1. The number of rotatable bonds is 3. The topological polar surface area (TPSA) is 63.8 Å². The summed E-state index contributed by atoms with van der Waals surface area (Å²) in [4.78, 5) is 8.54. The van der Waals surface area contributed by atoms with Crippen molar-refractivity contribution in [2.24, 2.45) is 5.84 Å². The zero-order valence-corrected chi connectivity index (χ0v) is 10.9. The maximum Gasteiger partial charge on any atom is 0.125 e. The van der Waals surface area contributed by atoms with Crippen LogP contribution in [-0.4, -0.2) is 9.97 Å². The average Bonchev–Trinajstić information content (AvgIpc) is 2.33. The third-order valence-electron chi connectivity index (χ3n) is 3.00. The van der Waals surface area contributed by atoms with Crippen molar-refractivity contribution in [3.63, 3.8) is 0 Å². The molecule has 1 unspecified atom stereocenters. The van der Waals surface area contributed by atoms with Crippen LogP contribution in [0.15, 0.2) is 30.5 Å². The van der Waals surface area contributed by atoms with Gasteiger partial charge in [0.15, 0.2) is 0 Å². The molecule has 0 amide bonds. The number of nitrogens with zero attached hydrogens (tertiary/aromatic N) is 2. The van der Waals surface area contributed by atoms with Gasteiger partial charge in [-0.2, -0.15) is 0 Å². The van der Waals surface area contributed by atoms with Gasteiger partial charge in [-0.3, -0.25) is 5.84 Å². The minimum Gasteiger partial charge on any atom is -0.271 e. The first kappa shape index (κ1) is 12.7. The van der Waals surface area contributed by atoms with Gasteiger partial charge in [0.25, 0.3) is 0 Å². The summed E-state index contributed by atoms with van der Waals surface area (Å²) in [7, 11) is 0. The van der Waals surface area contributed by atoms with Crippen LogP contribution in [0.4, 0.5) is 0 Å². The van der Waals surface area contributed by atoms with Crippen LogP contribution in [0.1, 0.15) is 34.3 Å². The summed E-state index contributed by atoms with van der Waals surface area (Å²) in [6, 6.07) is 8.10. The molecular weight excluding hydrogens is 224 g/mol. The molecule has 4 heteroatoms. The van der Waals surface area contributed by atoms with Crippen LogP contribution in [0, 0.1) is 20.8 Å². The standard InChI is InChI=1S/C14H18N4/c1-9-4-5-12(10(2)8-9)14(18-15)13-6-7-16-11(3)17-13/h4-8,14,18H,15H2,1-3H3. The highest BCUT2D eigenvalue weighted by atomic mass is 15.2. The smallest absolute Gasteiger partial charge is 0.125 e. The van der Waals surface area contributed by atoms with Crippen molar-refractivity contribution in [3.05, 3.63) is 58.7 Å². The molecule has 0 aliphatic rings. The van der Waals surface area contributed by atoms with Gasteiger partial charge in [-0.25, -0.2) is 15.4 Å². The molecular formula is C14H18N4. The Morgan fingerprint density at radius 1 is 1.17 bits per heavy atom. The second-order valence-corrected chi connectivity index (χ2v) is 4.49. The van der Waals surface area contributed by atoms with Crippen LogP contribution in [0.5, 0.6) is 0 Å². The molecule has 2 aromatic rings. The number of benzene rings is 1. The maximum absolute atomic E-state index is 5.68. The lowest BCUT2D eigenvalue weighted by molar-refractivity contribution is 0.613. The lowest BCUT2D eigenvalue weighted by Gasteiger charge is -2.18. The van der Waals surface area contributed by atoms with Gasteiger partial charge in [0.1, 0.15) is 5.82 Å². The Morgan fingerprint density at radius 2 is 1.94 bits per heavy atom. The Balaban J connectivity index is 2.45. The van der Waals surface area contributed by atoms with E-state index in [9.17, 15) is 0 Å².